The van der Waals surface area contributed by atoms with Crippen molar-refractivity contribution in [2.75, 3.05) is 26.2 Å². The molecule has 3 N–H and O–H groups in total. The number of hydrogen-bond acceptors (Lipinski definition) is 3. The largest absolute Gasteiger partial charge is 0.351 e. The fourth-order valence-electron chi connectivity index (χ4n) is 2.44. The molecule has 110 valence electrons. The van der Waals surface area contributed by atoms with Crippen molar-refractivity contribution in [1.82, 2.24) is 10.2 Å². The standard InChI is InChI=1S/C16H25N3O/c1-2-19(15-7-8-15)12-11-18-16(20)14-5-3-13(4-6-14)9-10-17/h3-6,15H,2,7-12,17H2,1H3,(H,18,20). The van der Waals surface area contributed by atoms with Gasteiger partial charge in [0.2, 0.25) is 0 Å². The maximum absolute atomic E-state index is 12.0. The summed E-state index contributed by atoms with van der Waals surface area (Å²) in [7, 11) is 0. The Labute approximate surface area is 121 Å². The van der Waals surface area contributed by atoms with Crippen LogP contribution in [0.3, 0.4) is 0 Å². The number of amides is 1. The molecule has 1 saturated carbocycles. The Morgan fingerprint density at radius 2 is 2.05 bits per heavy atom. The lowest BCUT2D eigenvalue weighted by Crippen LogP contribution is -2.36. The third kappa shape index (κ3) is 4.32. The highest BCUT2D eigenvalue weighted by atomic mass is 16.1. The lowest BCUT2D eigenvalue weighted by Gasteiger charge is -2.19. The Kier molecular flexibility index (Phi) is 5.56. The predicted molar refractivity (Wildman–Crippen MR) is 81.8 cm³/mol. The van der Waals surface area contributed by atoms with Gasteiger partial charge >= 0.3 is 0 Å². The van der Waals surface area contributed by atoms with E-state index in [0.29, 0.717) is 13.1 Å². The zero-order valence-corrected chi connectivity index (χ0v) is 12.3. The van der Waals surface area contributed by atoms with Gasteiger partial charge in [0.25, 0.3) is 5.91 Å². The minimum absolute atomic E-state index is 0.0103. The van der Waals surface area contributed by atoms with Crippen LogP contribution in [0.15, 0.2) is 24.3 Å². The van der Waals surface area contributed by atoms with Crippen LogP contribution in [-0.4, -0.2) is 43.0 Å². The molecular weight excluding hydrogens is 250 g/mol. The lowest BCUT2D eigenvalue weighted by atomic mass is 10.1. The normalized spacial score (nSPS) is 14.6. The molecule has 0 radical (unpaired) electrons. The van der Waals surface area contributed by atoms with E-state index in [0.717, 1.165) is 31.1 Å². The molecule has 0 unspecified atom stereocenters. The van der Waals surface area contributed by atoms with Gasteiger partial charge in [-0.3, -0.25) is 9.69 Å². The Morgan fingerprint density at radius 1 is 1.35 bits per heavy atom. The molecule has 1 amide bonds. The first kappa shape index (κ1) is 15.0. The number of likely N-dealkylation sites (N-methyl/N-ethyl adjacent to an activating group) is 1. The van der Waals surface area contributed by atoms with Crippen LogP contribution in [0.4, 0.5) is 0 Å². The maximum Gasteiger partial charge on any atom is 0.251 e. The second-order valence-corrected chi connectivity index (χ2v) is 5.35. The van der Waals surface area contributed by atoms with Gasteiger partial charge in [-0.05, 0) is 50.0 Å². The fourth-order valence-corrected chi connectivity index (χ4v) is 2.44. The summed E-state index contributed by atoms with van der Waals surface area (Å²) in [5.74, 6) is 0.0103. The first-order chi connectivity index (χ1) is 9.74. The second-order valence-electron chi connectivity index (χ2n) is 5.35. The molecule has 0 heterocycles. The van der Waals surface area contributed by atoms with Crippen molar-refractivity contribution in [3.63, 3.8) is 0 Å². The molecule has 1 aromatic carbocycles. The molecule has 1 fully saturated rings. The summed E-state index contributed by atoms with van der Waals surface area (Å²) in [6.45, 7) is 5.54. The molecule has 4 heteroatoms. The fraction of sp³-hybridized carbons (Fsp3) is 0.562. The van der Waals surface area contributed by atoms with E-state index in [2.05, 4.69) is 17.1 Å². The predicted octanol–water partition coefficient (Wildman–Crippen LogP) is 1.40. The van der Waals surface area contributed by atoms with Gasteiger partial charge in [0.05, 0.1) is 0 Å². The number of nitrogens with one attached hydrogen (secondary N) is 1. The number of benzene rings is 1. The Balaban J connectivity index is 1.76. The minimum atomic E-state index is 0.0103. The third-order valence-electron chi connectivity index (χ3n) is 3.80. The average Bonchev–Trinajstić information content (AvgIpc) is 3.29. The maximum atomic E-state index is 12.0. The molecule has 0 bridgehead atoms. The highest BCUT2D eigenvalue weighted by Gasteiger charge is 2.27. The summed E-state index contributed by atoms with van der Waals surface area (Å²) < 4.78 is 0. The molecule has 1 aliphatic carbocycles. The van der Waals surface area contributed by atoms with Crippen molar-refractivity contribution in [2.45, 2.75) is 32.2 Å². The molecular formula is C16H25N3O. The van der Waals surface area contributed by atoms with E-state index in [1.54, 1.807) is 0 Å². The molecule has 0 saturated heterocycles. The van der Waals surface area contributed by atoms with E-state index in [1.165, 1.54) is 18.4 Å². The minimum Gasteiger partial charge on any atom is -0.351 e. The molecule has 2 rings (SSSR count). The van der Waals surface area contributed by atoms with Crippen LogP contribution in [0.2, 0.25) is 0 Å². The Morgan fingerprint density at radius 3 is 2.60 bits per heavy atom. The molecule has 4 nitrogen and oxygen atoms in total. The Hall–Kier alpha value is -1.39. The van der Waals surface area contributed by atoms with Gasteiger partial charge < -0.3 is 11.1 Å². The SMILES string of the molecule is CCN(CCNC(=O)c1ccc(CCN)cc1)C1CC1. The number of rotatable bonds is 8. The summed E-state index contributed by atoms with van der Waals surface area (Å²) >= 11 is 0. The van der Waals surface area contributed by atoms with E-state index in [4.69, 9.17) is 5.73 Å². The van der Waals surface area contributed by atoms with Crippen LogP contribution in [0.25, 0.3) is 0 Å². The summed E-state index contributed by atoms with van der Waals surface area (Å²) in [5.41, 5.74) is 7.41. The number of carbonyl (C=O) groups excluding carboxylic acids is 1. The van der Waals surface area contributed by atoms with Crippen LogP contribution in [0.1, 0.15) is 35.7 Å². The smallest absolute Gasteiger partial charge is 0.251 e. The highest BCUT2D eigenvalue weighted by Crippen LogP contribution is 2.25. The van der Waals surface area contributed by atoms with Crippen LogP contribution >= 0.6 is 0 Å². The van der Waals surface area contributed by atoms with E-state index < -0.39 is 0 Å². The molecule has 1 aliphatic rings. The van der Waals surface area contributed by atoms with E-state index in [-0.39, 0.29) is 5.91 Å². The zero-order chi connectivity index (χ0) is 14.4. The van der Waals surface area contributed by atoms with Crippen molar-refractivity contribution >= 4 is 5.91 Å². The van der Waals surface area contributed by atoms with Crippen molar-refractivity contribution in [3.8, 4) is 0 Å². The number of nitrogens with zero attached hydrogens (tertiary/aromatic N) is 1. The summed E-state index contributed by atoms with van der Waals surface area (Å²) in [6, 6.07) is 8.46. The molecule has 0 aromatic heterocycles. The topological polar surface area (TPSA) is 58.4 Å². The monoisotopic (exact) mass is 275 g/mol. The molecule has 20 heavy (non-hydrogen) atoms. The zero-order valence-electron chi connectivity index (χ0n) is 12.3. The molecule has 0 spiro atoms. The molecule has 0 aliphatic heterocycles. The van der Waals surface area contributed by atoms with Crippen molar-refractivity contribution < 1.29 is 4.79 Å². The van der Waals surface area contributed by atoms with Crippen LogP contribution in [0, 0.1) is 0 Å². The van der Waals surface area contributed by atoms with E-state index in [9.17, 15) is 4.79 Å². The van der Waals surface area contributed by atoms with Crippen LogP contribution < -0.4 is 11.1 Å². The van der Waals surface area contributed by atoms with Crippen LogP contribution in [0.5, 0.6) is 0 Å². The van der Waals surface area contributed by atoms with Gasteiger partial charge in [-0.25, -0.2) is 0 Å². The summed E-state index contributed by atoms with van der Waals surface area (Å²) in [6.07, 6.45) is 3.48. The Bertz CT molecular complexity index is 426. The average molecular weight is 275 g/mol. The first-order valence-electron chi connectivity index (χ1n) is 7.56. The van der Waals surface area contributed by atoms with Crippen molar-refractivity contribution in [3.05, 3.63) is 35.4 Å². The summed E-state index contributed by atoms with van der Waals surface area (Å²) in [5, 5.41) is 2.99. The van der Waals surface area contributed by atoms with Crippen LogP contribution in [-0.2, 0) is 6.42 Å². The number of hydrogen-bond donors (Lipinski definition) is 2. The van der Waals surface area contributed by atoms with Gasteiger partial charge in [0, 0.05) is 24.7 Å². The molecule has 0 atom stereocenters. The van der Waals surface area contributed by atoms with Crippen molar-refractivity contribution in [1.29, 1.82) is 0 Å². The second kappa shape index (κ2) is 7.41. The van der Waals surface area contributed by atoms with Crippen molar-refractivity contribution in [2.24, 2.45) is 5.73 Å². The van der Waals surface area contributed by atoms with E-state index >= 15 is 0 Å². The van der Waals surface area contributed by atoms with Gasteiger partial charge in [-0.15, -0.1) is 0 Å². The molecule has 1 aromatic rings. The third-order valence-corrected chi connectivity index (χ3v) is 3.80. The number of nitrogens with two attached hydrogens (primary N) is 1. The van der Waals surface area contributed by atoms with Gasteiger partial charge in [-0.2, -0.15) is 0 Å². The number of carbonyl (C=O) groups is 1. The van der Waals surface area contributed by atoms with Gasteiger partial charge in [0.15, 0.2) is 0 Å². The van der Waals surface area contributed by atoms with E-state index in [1.807, 2.05) is 24.3 Å². The first-order valence-corrected chi connectivity index (χ1v) is 7.56. The quantitative estimate of drug-likeness (QED) is 0.754. The highest BCUT2D eigenvalue weighted by molar-refractivity contribution is 5.94. The van der Waals surface area contributed by atoms with Gasteiger partial charge in [-0.1, -0.05) is 19.1 Å². The summed E-state index contributed by atoms with van der Waals surface area (Å²) in [4.78, 5) is 14.4. The van der Waals surface area contributed by atoms with Gasteiger partial charge in [0.1, 0.15) is 0 Å². The lowest BCUT2D eigenvalue weighted by molar-refractivity contribution is 0.0948.